The third-order valence-corrected chi connectivity index (χ3v) is 5.28. The summed E-state index contributed by atoms with van der Waals surface area (Å²) in [6.07, 6.45) is 7.54. The molecular formula is C21H24O5. The van der Waals surface area contributed by atoms with Gasteiger partial charge in [-0.15, -0.1) is 0 Å². The Balaban J connectivity index is 1.94. The van der Waals surface area contributed by atoms with Crippen LogP contribution in [-0.4, -0.2) is 35.7 Å². The maximum absolute atomic E-state index is 11.8. The number of ether oxygens (including phenoxy) is 3. The van der Waals surface area contributed by atoms with Gasteiger partial charge in [-0.05, 0) is 55.8 Å². The summed E-state index contributed by atoms with van der Waals surface area (Å²) in [5.74, 6) is 0.355. The van der Waals surface area contributed by atoms with Crippen molar-refractivity contribution in [2.24, 2.45) is 0 Å². The molecule has 2 unspecified atom stereocenters. The fourth-order valence-electron chi connectivity index (χ4n) is 3.84. The summed E-state index contributed by atoms with van der Waals surface area (Å²) in [5.41, 5.74) is -1.31. The molecule has 26 heavy (non-hydrogen) atoms. The van der Waals surface area contributed by atoms with Crippen LogP contribution in [-0.2, 0) is 25.5 Å². The number of rotatable bonds is 4. The van der Waals surface area contributed by atoms with Gasteiger partial charge in [0, 0.05) is 19.8 Å². The number of carbonyl (C=O) groups excluding carboxylic acids is 2. The van der Waals surface area contributed by atoms with E-state index in [1.54, 1.807) is 19.3 Å². The molecule has 5 nitrogen and oxygen atoms in total. The summed E-state index contributed by atoms with van der Waals surface area (Å²) in [6.45, 7) is 5.25. The molecule has 1 aliphatic carbocycles. The first-order chi connectivity index (χ1) is 12.2. The van der Waals surface area contributed by atoms with Crippen LogP contribution in [0.4, 0.5) is 0 Å². The Labute approximate surface area is 153 Å². The molecule has 0 N–H and O–H groups in total. The quantitative estimate of drug-likeness (QED) is 0.776. The van der Waals surface area contributed by atoms with Crippen LogP contribution in [0.25, 0.3) is 0 Å². The van der Waals surface area contributed by atoms with Crippen molar-refractivity contribution in [3.05, 3.63) is 54.1 Å². The van der Waals surface area contributed by atoms with E-state index in [0.717, 1.165) is 11.3 Å². The minimum absolute atomic E-state index is 0.0721. The van der Waals surface area contributed by atoms with E-state index in [-0.39, 0.29) is 11.8 Å². The van der Waals surface area contributed by atoms with E-state index in [2.05, 4.69) is 0 Å². The molecule has 0 saturated carbocycles. The Kier molecular flexibility index (Phi) is 4.53. The lowest BCUT2D eigenvalue weighted by molar-refractivity contribution is -0.175. The largest absolute Gasteiger partial charge is 0.497 e. The molecule has 2 aliphatic rings. The van der Waals surface area contributed by atoms with Gasteiger partial charge in [-0.25, -0.2) is 0 Å². The van der Waals surface area contributed by atoms with Crippen LogP contribution < -0.4 is 4.74 Å². The van der Waals surface area contributed by atoms with E-state index in [1.165, 1.54) is 19.1 Å². The van der Waals surface area contributed by atoms with E-state index < -0.39 is 16.8 Å². The average molecular weight is 356 g/mol. The zero-order valence-corrected chi connectivity index (χ0v) is 15.6. The maximum atomic E-state index is 11.8. The van der Waals surface area contributed by atoms with Crippen molar-refractivity contribution in [3.8, 4) is 5.75 Å². The normalized spacial score (nSPS) is 29.2. The topological polar surface area (TPSA) is 61.8 Å². The third kappa shape index (κ3) is 3.31. The van der Waals surface area contributed by atoms with Crippen LogP contribution >= 0.6 is 0 Å². The summed E-state index contributed by atoms with van der Waals surface area (Å²) >= 11 is 0. The number of allylic oxidation sites excluding steroid dienone is 2. The van der Waals surface area contributed by atoms with Crippen molar-refractivity contribution >= 4 is 11.8 Å². The van der Waals surface area contributed by atoms with E-state index in [1.807, 2.05) is 38.1 Å². The molecule has 2 atom stereocenters. The summed E-state index contributed by atoms with van der Waals surface area (Å²) in [6, 6.07) is 7.74. The van der Waals surface area contributed by atoms with E-state index in [9.17, 15) is 9.59 Å². The van der Waals surface area contributed by atoms with Gasteiger partial charge in [-0.1, -0.05) is 12.1 Å². The molecule has 0 radical (unpaired) electrons. The molecule has 1 aliphatic heterocycles. The number of benzene rings is 1. The summed E-state index contributed by atoms with van der Waals surface area (Å²) in [4.78, 5) is 23.3. The van der Waals surface area contributed by atoms with Gasteiger partial charge >= 0.3 is 5.97 Å². The SMILES string of the molecule is COc1ccc(CC2(C)OC3(C=CC(=O)C=C3)CC2(C)OC(C)=O)cc1. The molecule has 3 rings (SSSR count). The number of ketones is 1. The van der Waals surface area contributed by atoms with Gasteiger partial charge < -0.3 is 14.2 Å². The Morgan fingerprint density at radius 2 is 1.77 bits per heavy atom. The Morgan fingerprint density at radius 3 is 2.31 bits per heavy atom. The van der Waals surface area contributed by atoms with E-state index in [0.29, 0.717) is 12.8 Å². The second-order valence-electron chi connectivity index (χ2n) is 7.38. The van der Waals surface area contributed by atoms with Crippen molar-refractivity contribution in [2.45, 2.75) is 50.4 Å². The van der Waals surface area contributed by atoms with Crippen LogP contribution in [0.15, 0.2) is 48.6 Å². The molecule has 0 aromatic heterocycles. The highest BCUT2D eigenvalue weighted by Gasteiger charge is 2.61. The summed E-state index contributed by atoms with van der Waals surface area (Å²) in [5, 5.41) is 0. The molecule has 138 valence electrons. The molecule has 1 fully saturated rings. The fraction of sp³-hybridized carbons (Fsp3) is 0.429. The van der Waals surface area contributed by atoms with Gasteiger partial charge in [-0.3, -0.25) is 9.59 Å². The molecule has 1 aromatic rings. The minimum atomic E-state index is -0.839. The summed E-state index contributed by atoms with van der Waals surface area (Å²) < 4.78 is 17.4. The van der Waals surface area contributed by atoms with Gasteiger partial charge in [-0.2, -0.15) is 0 Å². The summed E-state index contributed by atoms with van der Waals surface area (Å²) in [7, 11) is 1.63. The average Bonchev–Trinajstić information content (AvgIpc) is 2.77. The predicted molar refractivity (Wildman–Crippen MR) is 97.0 cm³/mol. The van der Waals surface area contributed by atoms with Crippen LogP contribution in [0.2, 0.25) is 0 Å². The standard InChI is InChI=1S/C21H24O5/c1-15(22)25-20(3)14-21(11-9-17(23)10-12-21)26-19(20,2)13-16-5-7-18(24-4)8-6-16/h5-12H,13-14H2,1-4H3. The van der Waals surface area contributed by atoms with Crippen LogP contribution in [0, 0.1) is 0 Å². The highest BCUT2D eigenvalue weighted by Crippen LogP contribution is 2.51. The van der Waals surface area contributed by atoms with E-state index in [4.69, 9.17) is 14.2 Å². The maximum Gasteiger partial charge on any atom is 0.303 e. The number of carbonyl (C=O) groups is 2. The first-order valence-electron chi connectivity index (χ1n) is 8.64. The third-order valence-electron chi connectivity index (χ3n) is 5.28. The fourth-order valence-corrected chi connectivity index (χ4v) is 3.84. The van der Waals surface area contributed by atoms with Crippen LogP contribution in [0.3, 0.4) is 0 Å². The first-order valence-corrected chi connectivity index (χ1v) is 8.64. The van der Waals surface area contributed by atoms with Crippen LogP contribution in [0.5, 0.6) is 5.75 Å². The monoisotopic (exact) mass is 356 g/mol. The second-order valence-corrected chi connectivity index (χ2v) is 7.38. The smallest absolute Gasteiger partial charge is 0.303 e. The molecule has 5 heteroatoms. The molecule has 1 spiro atoms. The highest BCUT2D eigenvalue weighted by molar-refractivity contribution is 6.00. The number of esters is 1. The van der Waals surface area contributed by atoms with Crippen molar-refractivity contribution in [1.29, 1.82) is 0 Å². The van der Waals surface area contributed by atoms with Gasteiger partial charge in [0.15, 0.2) is 5.78 Å². The molecule has 1 saturated heterocycles. The van der Waals surface area contributed by atoms with Crippen molar-refractivity contribution in [3.63, 3.8) is 0 Å². The Hall–Kier alpha value is -2.40. The zero-order valence-electron chi connectivity index (χ0n) is 15.6. The molecule has 0 amide bonds. The molecular weight excluding hydrogens is 332 g/mol. The van der Waals surface area contributed by atoms with Crippen molar-refractivity contribution in [1.82, 2.24) is 0 Å². The number of hydrogen-bond donors (Lipinski definition) is 0. The Bertz CT molecular complexity index is 760. The van der Waals surface area contributed by atoms with Gasteiger partial charge in [0.25, 0.3) is 0 Å². The Morgan fingerprint density at radius 1 is 1.15 bits per heavy atom. The van der Waals surface area contributed by atoms with Crippen molar-refractivity contribution < 1.29 is 23.8 Å². The van der Waals surface area contributed by atoms with Gasteiger partial charge in [0.1, 0.15) is 22.6 Å². The van der Waals surface area contributed by atoms with E-state index >= 15 is 0 Å². The van der Waals surface area contributed by atoms with Gasteiger partial charge in [0.2, 0.25) is 0 Å². The zero-order chi connectivity index (χ0) is 19.0. The molecule has 1 aromatic carbocycles. The van der Waals surface area contributed by atoms with Gasteiger partial charge in [0.05, 0.1) is 7.11 Å². The highest BCUT2D eigenvalue weighted by atomic mass is 16.6. The lowest BCUT2D eigenvalue weighted by atomic mass is 9.78. The number of hydrogen-bond acceptors (Lipinski definition) is 5. The lowest BCUT2D eigenvalue weighted by Gasteiger charge is -2.38. The van der Waals surface area contributed by atoms with Crippen LogP contribution in [0.1, 0.15) is 32.8 Å². The lowest BCUT2D eigenvalue weighted by Crippen LogP contribution is -2.50. The first kappa shape index (κ1) is 18.4. The predicted octanol–water partition coefficient (Wildman–Crippen LogP) is 3.17. The van der Waals surface area contributed by atoms with Crippen molar-refractivity contribution in [2.75, 3.05) is 7.11 Å². The molecule has 1 heterocycles. The number of methoxy groups -OCH3 is 1. The molecule has 0 bridgehead atoms. The minimum Gasteiger partial charge on any atom is -0.497 e. The second kappa shape index (κ2) is 6.40.